The van der Waals surface area contributed by atoms with Crippen LogP contribution >= 0.6 is 15.9 Å². The van der Waals surface area contributed by atoms with Gasteiger partial charge in [0.1, 0.15) is 0 Å². The van der Waals surface area contributed by atoms with E-state index < -0.39 is 36.2 Å². The molecule has 0 spiro atoms. The zero-order valence-electron chi connectivity index (χ0n) is 11.7. The lowest BCUT2D eigenvalue weighted by atomic mass is 9.78. The fourth-order valence-corrected chi connectivity index (χ4v) is 2.50. The van der Waals surface area contributed by atoms with Crippen LogP contribution in [0.4, 0.5) is 8.78 Å². The van der Waals surface area contributed by atoms with E-state index >= 15 is 0 Å². The monoisotopic (exact) mass is 377 g/mol. The lowest BCUT2D eigenvalue weighted by molar-refractivity contribution is -0.145. The molecule has 0 bridgehead atoms. The van der Waals surface area contributed by atoms with Crippen LogP contribution in [0.5, 0.6) is 5.75 Å². The Bertz CT molecular complexity index is 610. The van der Waals surface area contributed by atoms with Gasteiger partial charge in [-0.15, -0.1) is 0 Å². The Morgan fingerprint density at radius 3 is 2.27 bits per heavy atom. The van der Waals surface area contributed by atoms with Gasteiger partial charge in [-0.2, -0.15) is 4.39 Å². The smallest absolute Gasteiger partial charge is 0.494 e. The van der Waals surface area contributed by atoms with Gasteiger partial charge in [0.15, 0.2) is 11.6 Å². The summed E-state index contributed by atoms with van der Waals surface area (Å²) >= 11 is 3.01. The summed E-state index contributed by atoms with van der Waals surface area (Å²) in [7, 11) is 1.03. The number of ether oxygens (including phenoxy) is 1. The zero-order chi connectivity index (χ0) is 16.4. The molecule has 10 heteroatoms. The van der Waals surface area contributed by atoms with Crippen LogP contribution in [0.25, 0.3) is 0 Å². The molecule has 6 nitrogen and oxygen atoms in total. The number of benzene rings is 1. The van der Waals surface area contributed by atoms with Crippen LogP contribution in [0, 0.1) is 11.6 Å². The molecule has 1 aliphatic heterocycles. The summed E-state index contributed by atoms with van der Waals surface area (Å²) in [4.78, 5) is 24.6. The number of carbonyl (C=O) groups excluding carboxylic acids is 2. The molecule has 1 aliphatic rings. The van der Waals surface area contributed by atoms with Crippen molar-refractivity contribution in [3.63, 3.8) is 0 Å². The number of halogens is 3. The molecule has 0 aromatic heterocycles. The molecule has 1 aromatic rings. The van der Waals surface area contributed by atoms with Gasteiger partial charge in [-0.1, -0.05) is 0 Å². The highest BCUT2D eigenvalue weighted by molar-refractivity contribution is 9.10. The van der Waals surface area contributed by atoms with Crippen LogP contribution in [0.1, 0.15) is 0 Å². The topological polar surface area (TPSA) is 65.1 Å². The summed E-state index contributed by atoms with van der Waals surface area (Å²) in [6.07, 6.45) is 0. The fraction of sp³-hybridized carbons (Fsp3) is 0.333. The molecule has 22 heavy (non-hydrogen) atoms. The van der Waals surface area contributed by atoms with Crippen molar-refractivity contribution >= 4 is 40.4 Å². The van der Waals surface area contributed by atoms with E-state index in [9.17, 15) is 18.4 Å². The van der Waals surface area contributed by atoms with Crippen LogP contribution in [-0.4, -0.2) is 51.2 Å². The van der Waals surface area contributed by atoms with E-state index in [1.807, 2.05) is 0 Å². The van der Waals surface area contributed by atoms with Crippen LogP contribution in [0.3, 0.4) is 0 Å². The molecule has 0 aliphatic carbocycles. The predicted octanol–water partition coefficient (Wildman–Crippen LogP) is 0.463. The highest BCUT2D eigenvalue weighted by Gasteiger charge is 2.38. The summed E-state index contributed by atoms with van der Waals surface area (Å²) in [6.45, 7) is -0.347. The first-order valence-corrected chi connectivity index (χ1v) is 6.91. The summed E-state index contributed by atoms with van der Waals surface area (Å²) in [5.41, 5.74) is -0.420. The summed E-state index contributed by atoms with van der Waals surface area (Å²) in [5, 5.41) is 0. The summed E-state index contributed by atoms with van der Waals surface area (Å²) in [6, 6.07) is 1.13. The molecule has 0 atom stereocenters. The highest BCUT2D eigenvalue weighted by Crippen LogP contribution is 2.28. The molecule has 1 aromatic carbocycles. The van der Waals surface area contributed by atoms with Crippen LogP contribution < -0.4 is 10.2 Å². The van der Waals surface area contributed by atoms with Gasteiger partial charge in [0.2, 0.25) is 5.82 Å². The Balaban J connectivity index is 2.41. The average molecular weight is 378 g/mol. The molecular weight excluding hydrogens is 367 g/mol. The molecule has 0 saturated carbocycles. The second-order valence-corrected chi connectivity index (χ2v) is 5.45. The van der Waals surface area contributed by atoms with E-state index in [1.165, 1.54) is 19.1 Å². The number of nitrogens with zero attached hydrogens (tertiary/aromatic N) is 1. The summed E-state index contributed by atoms with van der Waals surface area (Å²) in [5.74, 6) is -4.40. The largest absolute Gasteiger partial charge is 0.639 e. The normalized spacial score (nSPS) is 16.7. The number of methoxy groups -OCH3 is 1. The second kappa shape index (κ2) is 6.61. The predicted molar refractivity (Wildman–Crippen MR) is 75.7 cm³/mol. The van der Waals surface area contributed by atoms with Crippen molar-refractivity contribution in [2.75, 3.05) is 27.2 Å². The van der Waals surface area contributed by atoms with Gasteiger partial charge in [-0.25, -0.2) is 4.39 Å². The van der Waals surface area contributed by atoms with Crippen molar-refractivity contribution in [2.45, 2.75) is 0 Å². The molecule has 118 valence electrons. The highest BCUT2D eigenvalue weighted by atomic mass is 79.9. The van der Waals surface area contributed by atoms with E-state index in [0.29, 0.717) is 0 Å². The maximum atomic E-state index is 14.1. The minimum atomic E-state index is -1.66. The number of hydrogen-bond acceptors (Lipinski definition) is 6. The Hall–Kier alpha value is -1.68. The molecule has 1 saturated heterocycles. The molecule has 0 amide bonds. The van der Waals surface area contributed by atoms with E-state index in [-0.39, 0.29) is 23.3 Å². The minimum Gasteiger partial charge on any atom is -0.494 e. The van der Waals surface area contributed by atoms with Gasteiger partial charge in [0, 0.05) is 0 Å². The third kappa shape index (κ3) is 3.38. The first-order chi connectivity index (χ1) is 10.3. The van der Waals surface area contributed by atoms with Crippen molar-refractivity contribution in [3.8, 4) is 5.75 Å². The first kappa shape index (κ1) is 16.7. The second-order valence-electron chi connectivity index (χ2n) is 4.59. The van der Waals surface area contributed by atoms with Crippen molar-refractivity contribution in [1.82, 2.24) is 4.90 Å². The van der Waals surface area contributed by atoms with E-state index in [4.69, 9.17) is 14.0 Å². The number of hydrogen-bond donors (Lipinski definition) is 0. The van der Waals surface area contributed by atoms with Gasteiger partial charge < -0.3 is 14.0 Å². The van der Waals surface area contributed by atoms with Gasteiger partial charge in [-0.05, 0) is 29.0 Å². The van der Waals surface area contributed by atoms with E-state index in [0.717, 1.165) is 6.07 Å². The SMILES string of the molecule is COc1c(Br)cc(B2OC(=O)CN(C)CC(=O)O2)c(F)c1F. The average Bonchev–Trinajstić information content (AvgIpc) is 2.40. The van der Waals surface area contributed by atoms with Crippen LogP contribution in [-0.2, 0) is 18.9 Å². The van der Waals surface area contributed by atoms with Crippen molar-refractivity contribution in [1.29, 1.82) is 0 Å². The lowest BCUT2D eigenvalue weighted by Gasteiger charge is -2.23. The van der Waals surface area contributed by atoms with Crippen molar-refractivity contribution in [3.05, 3.63) is 22.2 Å². The zero-order valence-corrected chi connectivity index (χ0v) is 13.3. The Morgan fingerprint density at radius 2 is 1.77 bits per heavy atom. The molecular formula is C12H11BBrF2NO5. The van der Waals surface area contributed by atoms with Crippen LogP contribution in [0.2, 0.25) is 0 Å². The Labute approximate surface area is 133 Å². The third-order valence-electron chi connectivity index (χ3n) is 2.88. The van der Waals surface area contributed by atoms with Gasteiger partial charge in [0.25, 0.3) is 0 Å². The molecule has 1 fully saturated rings. The fourth-order valence-electron chi connectivity index (χ4n) is 1.92. The van der Waals surface area contributed by atoms with Gasteiger partial charge >= 0.3 is 19.1 Å². The molecule has 2 rings (SSSR count). The molecule has 0 unspecified atom stereocenters. The maximum Gasteiger partial charge on any atom is 0.639 e. The third-order valence-corrected chi connectivity index (χ3v) is 3.47. The van der Waals surface area contributed by atoms with E-state index in [1.54, 1.807) is 0 Å². The van der Waals surface area contributed by atoms with Crippen molar-refractivity contribution in [2.24, 2.45) is 0 Å². The summed E-state index contributed by atoms with van der Waals surface area (Å²) < 4.78 is 42.6. The number of carbonyl (C=O) groups is 2. The van der Waals surface area contributed by atoms with Gasteiger partial charge in [-0.3, -0.25) is 14.5 Å². The molecule has 1 heterocycles. The molecule has 0 N–H and O–H groups in total. The van der Waals surface area contributed by atoms with Gasteiger partial charge in [0.05, 0.1) is 30.1 Å². The quantitative estimate of drug-likeness (QED) is 0.551. The Kier molecular flexibility index (Phi) is 5.02. The maximum absolute atomic E-state index is 14.1. The molecule has 0 radical (unpaired) electrons. The first-order valence-electron chi connectivity index (χ1n) is 6.12. The lowest BCUT2D eigenvalue weighted by Crippen LogP contribution is -2.49. The van der Waals surface area contributed by atoms with Crippen LogP contribution in [0.15, 0.2) is 10.5 Å². The van der Waals surface area contributed by atoms with E-state index in [2.05, 4.69) is 15.9 Å². The van der Waals surface area contributed by atoms with Crippen molar-refractivity contribution < 1.29 is 32.4 Å². The standard InChI is InChI=1S/C12H11BBrF2NO5/c1-17-4-8(18)21-13(22-9(19)5-17)6-3-7(14)12(20-2)11(16)10(6)15/h3H,4-5H2,1-2H3. The number of rotatable bonds is 2. The minimum absolute atomic E-state index is 0.0928. The Morgan fingerprint density at radius 1 is 1.23 bits per heavy atom. The number of likely N-dealkylation sites (N-methyl/N-ethyl adjacent to an activating group) is 1.